The van der Waals surface area contributed by atoms with Crippen LogP contribution < -0.4 is 11.4 Å². The third-order valence-electron chi connectivity index (χ3n) is 3.24. The minimum atomic E-state index is -0.144. The number of nitrogens with zero attached hydrogens (tertiary/aromatic N) is 2. The molecule has 0 radical (unpaired) electrons. The summed E-state index contributed by atoms with van der Waals surface area (Å²) in [6, 6.07) is 9.35. The molecule has 3 heterocycles. The number of nitrogen functional groups attached to an aromatic ring is 1. The van der Waals surface area contributed by atoms with Gasteiger partial charge in [-0.1, -0.05) is 6.07 Å². The summed E-state index contributed by atoms with van der Waals surface area (Å²) in [5, 5.41) is 0. The smallest absolute Gasteiger partial charge is 0.268 e. The maximum absolute atomic E-state index is 11.4. The largest absolute Gasteiger partial charge is 0.351 e. The number of hydrogen-bond donors (Lipinski definition) is 1. The molecule has 82 valence electrons. The van der Waals surface area contributed by atoms with Gasteiger partial charge in [-0.05, 0) is 24.6 Å². The SMILES string of the molecule is Nn1c(C2Cc3cccn3C2)cccc1=O. The first kappa shape index (κ1) is 9.27. The van der Waals surface area contributed by atoms with Gasteiger partial charge in [0.15, 0.2) is 0 Å². The van der Waals surface area contributed by atoms with E-state index in [0.717, 1.165) is 18.7 Å². The standard InChI is InChI=1S/C12H13N3O/c13-15-11(4-1-5-12(15)16)9-7-10-3-2-6-14(10)8-9/h1-6,9H,7-8,13H2. The monoisotopic (exact) mass is 215 g/mol. The highest BCUT2D eigenvalue weighted by atomic mass is 16.1. The summed E-state index contributed by atoms with van der Waals surface area (Å²) >= 11 is 0. The molecule has 4 nitrogen and oxygen atoms in total. The number of pyridine rings is 1. The normalized spacial score (nSPS) is 18.6. The maximum Gasteiger partial charge on any atom is 0.268 e. The van der Waals surface area contributed by atoms with E-state index in [2.05, 4.69) is 16.8 Å². The van der Waals surface area contributed by atoms with Crippen molar-refractivity contribution >= 4 is 0 Å². The molecule has 2 N–H and O–H groups in total. The third-order valence-corrected chi connectivity index (χ3v) is 3.24. The lowest BCUT2D eigenvalue weighted by Gasteiger charge is -2.13. The van der Waals surface area contributed by atoms with Crippen LogP contribution in [0.25, 0.3) is 0 Å². The first-order chi connectivity index (χ1) is 7.75. The van der Waals surface area contributed by atoms with Crippen LogP contribution in [0.4, 0.5) is 0 Å². The Balaban J connectivity index is 1.99. The average Bonchev–Trinajstić information content (AvgIpc) is 2.81. The van der Waals surface area contributed by atoms with Gasteiger partial charge in [0.2, 0.25) is 0 Å². The van der Waals surface area contributed by atoms with Crippen LogP contribution in [0.5, 0.6) is 0 Å². The van der Waals surface area contributed by atoms with Crippen molar-refractivity contribution in [3.8, 4) is 0 Å². The quantitative estimate of drug-likeness (QED) is 0.712. The summed E-state index contributed by atoms with van der Waals surface area (Å²) in [6.45, 7) is 0.906. The zero-order valence-corrected chi connectivity index (χ0v) is 8.84. The Bertz CT molecular complexity index is 561. The van der Waals surface area contributed by atoms with Crippen LogP contribution >= 0.6 is 0 Å². The van der Waals surface area contributed by atoms with Gasteiger partial charge >= 0.3 is 0 Å². The Kier molecular flexibility index (Phi) is 1.89. The Hall–Kier alpha value is -1.97. The molecular formula is C12H13N3O. The Morgan fingerprint density at radius 2 is 2.12 bits per heavy atom. The number of nitrogens with two attached hydrogens (primary N) is 1. The lowest BCUT2D eigenvalue weighted by molar-refractivity contribution is 0.608. The van der Waals surface area contributed by atoms with E-state index in [1.807, 2.05) is 12.1 Å². The van der Waals surface area contributed by atoms with E-state index in [-0.39, 0.29) is 5.56 Å². The van der Waals surface area contributed by atoms with E-state index in [4.69, 9.17) is 5.84 Å². The van der Waals surface area contributed by atoms with Crippen molar-refractivity contribution in [2.45, 2.75) is 18.9 Å². The predicted molar refractivity (Wildman–Crippen MR) is 61.7 cm³/mol. The second kappa shape index (κ2) is 3.27. The molecule has 1 atom stereocenters. The van der Waals surface area contributed by atoms with E-state index in [0.29, 0.717) is 5.92 Å². The molecule has 0 aromatic carbocycles. The van der Waals surface area contributed by atoms with Crippen LogP contribution in [0.2, 0.25) is 0 Å². The second-order valence-electron chi connectivity index (χ2n) is 4.21. The highest BCUT2D eigenvalue weighted by Crippen LogP contribution is 2.28. The van der Waals surface area contributed by atoms with Gasteiger partial charge in [0.25, 0.3) is 5.56 Å². The topological polar surface area (TPSA) is 52.9 Å². The second-order valence-corrected chi connectivity index (χ2v) is 4.21. The highest BCUT2D eigenvalue weighted by Gasteiger charge is 2.24. The molecule has 0 aliphatic carbocycles. The zero-order valence-electron chi connectivity index (χ0n) is 8.84. The third kappa shape index (κ3) is 1.26. The number of fused-ring (bicyclic) bond motifs is 1. The van der Waals surface area contributed by atoms with Gasteiger partial charge < -0.3 is 10.4 Å². The first-order valence-corrected chi connectivity index (χ1v) is 5.37. The van der Waals surface area contributed by atoms with E-state index in [9.17, 15) is 4.79 Å². The van der Waals surface area contributed by atoms with E-state index < -0.39 is 0 Å². The Morgan fingerprint density at radius 3 is 2.94 bits per heavy atom. The molecule has 0 bridgehead atoms. The van der Waals surface area contributed by atoms with Gasteiger partial charge in [-0.3, -0.25) is 4.79 Å². The fraction of sp³-hybridized carbons (Fsp3) is 0.250. The molecule has 2 aromatic heterocycles. The van der Waals surface area contributed by atoms with Crippen molar-refractivity contribution in [1.82, 2.24) is 9.24 Å². The summed E-state index contributed by atoms with van der Waals surface area (Å²) in [5.74, 6) is 6.08. The van der Waals surface area contributed by atoms with Crippen LogP contribution in [0.15, 0.2) is 41.3 Å². The Morgan fingerprint density at radius 1 is 1.25 bits per heavy atom. The van der Waals surface area contributed by atoms with E-state index in [1.165, 1.54) is 16.4 Å². The molecule has 0 saturated heterocycles. The van der Waals surface area contributed by atoms with Crippen LogP contribution in [0, 0.1) is 0 Å². The molecule has 0 amide bonds. The summed E-state index contributed by atoms with van der Waals surface area (Å²) in [7, 11) is 0. The lowest BCUT2D eigenvalue weighted by atomic mass is 10.0. The van der Waals surface area contributed by atoms with Crippen LogP contribution in [0.3, 0.4) is 0 Å². The van der Waals surface area contributed by atoms with Crippen molar-refractivity contribution < 1.29 is 0 Å². The van der Waals surface area contributed by atoms with Gasteiger partial charge in [0.1, 0.15) is 0 Å². The number of hydrogen-bond acceptors (Lipinski definition) is 2. The molecule has 1 aliphatic rings. The van der Waals surface area contributed by atoms with Crippen molar-refractivity contribution in [2.24, 2.45) is 0 Å². The summed E-state index contributed by atoms with van der Waals surface area (Å²) in [5.41, 5.74) is 2.08. The van der Waals surface area contributed by atoms with Gasteiger partial charge in [-0.25, -0.2) is 4.68 Å². The minimum Gasteiger partial charge on any atom is -0.351 e. The molecule has 3 rings (SSSR count). The number of aromatic nitrogens is 2. The molecule has 0 spiro atoms. The number of rotatable bonds is 1. The van der Waals surface area contributed by atoms with Crippen molar-refractivity contribution in [2.75, 3.05) is 5.84 Å². The van der Waals surface area contributed by atoms with Crippen LogP contribution in [0.1, 0.15) is 17.3 Å². The molecule has 4 heteroatoms. The zero-order chi connectivity index (χ0) is 11.1. The van der Waals surface area contributed by atoms with Gasteiger partial charge in [-0.15, -0.1) is 0 Å². The Labute approximate surface area is 92.9 Å². The fourth-order valence-corrected chi connectivity index (χ4v) is 2.42. The summed E-state index contributed by atoms with van der Waals surface area (Å²) in [4.78, 5) is 11.4. The molecule has 2 aromatic rings. The molecule has 1 unspecified atom stereocenters. The van der Waals surface area contributed by atoms with E-state index in [1.54, 1.807) is 6.07 Å². The molecular weight excluding hydrogens is 202 g/mol. The molecule has 1 aliphatic heterocycles. The maximum atomic E-state index is 11.4. The van der Waals surface area contributed by atoms with Gasteiger partial charge in [-0.2, -0.15) is 0 Å². The van der Waals surface area contributed by atoms with E-state index >= 15 is 0 Å². The lowest BCUT2D eigenvalue weighted by Crippen LogP contribution is -2.30. The summed E-state index contributed by atoms with van der Waals surface area (Å²) < 4.78 is 3.47. The summed E-state index contributed by atoms with van der Waals surface area (Å²) in [6.07, 6.45) is 3.02. The van der Waals surface area contributed by atoms with Gasteiger partial charge in [0, 0.05) is 36.1 Å². The fourth-order valence-electron chi connectivity index (χ4n) is 2.42. The van der Waals surface area contributed by atoms with Crippen LogP contribution in [-0.4, -0.2) is 9.24 Å². The first-order valence-electron chi connectivity index (χ1n) is 5.37. The van der Waals surface area contributed by atoms with Crippen molar-refractivity contribution in [3.05, 3.63) is 58.3 Å². The molecule has 0 saturated carbocycles. The average molecular weight is 215 g/mol. The van der Waals surface area contributed by atoms with Crippen molar-refractivity contribution in [3.63, 3.8) is 0 Å². The van der Waals surface area contributed by atoms with Crippen LogP contribution in [-0.2, 0) is 13.0 Å². The predicted octanol–water partition coefficient (Wildman–Crippen LogP) is 0.704. The molecule has 0 fully saturated rings. The highest BCUT2D eigenvalue weighted by molar-refractivity contribution is 5.21. The van der Waals surface area contributed by atoms with Crippen molar-refractivity contribution in [1.29, 1.82) is 0 Å². The molecule has 16 heavy (non-hydrogen) atoms. The van der Waals surface area contributed by atoms with Gasteiger partial charge in [0.05, 0.1) is 0 Å². The minimum absolute atomic E-state index is 0.144.